The third-order valence-corrected chi connectivity index (χ3v) is 3.94. The third kappa shape index (κ3) is 4.69. The third-order valence-electron chi connectivity index (χ3n) is 3.94. The first-order valence-electron chi connectivity index (χ1n) is 8.62. The number of anilines is 1. The van der Waals surface area contributed by atoms with Crippen molar-refractivity contribution in [1.82, 2.24) is 15.2 Å². The number of nitrogens with zero attached hydrogens (tertiary/aromatic N) is 3. The van der Waals surface area contributed by atoms with Crippen molar-refractivity contribution in [1.29, 1.82) is 0 Å². The molecule has 0 aromatic carbocycles. The molecule has 0 atom stereocenters. The Kier molecular flexibility index (Phi) is 5.80. The van der Waals surface area contributed by atoms with Crippen LogP contribution in [0, 0.1) is 0 Å². The maximum atomic E-state index is 12.9. The van der Waals surface area contributed by atoms with Gasteiger partial charge >= 0.3 is 0 Å². The van der Waals surface area contributed by atoms with Crippen molar-refractivity contribution in [3.8, 4) is 0 Å². The summed E-state index contributed by atoms with van der Waals surface area (Å²) in [4.78, 5) is 33.2. The molecular weight excluding hydrogens is 304 g/mol. The lowest BCUT2D eigenvalue weighted by atomic mass is 10.1. The number of hydrogen-bond donors (Lipinski definition) is 1. The van der Waals surface area contributed by atoms with E-state index in [0.717, 1.165) is 31.7 Å². The molecule has 0 bridgehead atoms. The summed E-state index contributed by atoms with van der Waals surface area (Å²) < 4.78 is 0. The number of likely N-dealkylation sites (N-methyl/N-ethyl adjacent to an activating group) is 1. The average Bonchev–Trinajstić information content (AvgIpc) is 3.04. The molecule has 0 aliphatic carbocycles. The number of amides is 2. The van der Waals surface area contributed by atoms with Crippen molar-refractivity contribution in [3.05, 3.63) is 23.9 Å². The van der Waals surface area contributed by atoms with Crippen molar-refractivity contribution >= 4 is 17.6 Å². The highest BCUT2D eigenvalue weighted by Gasteiger charge is 2.25. The van der Waals surface area contributed by atoms with E-state index in [1.165, 1.54) is 0 Å². The molecule has 24 heavy (non-hydrogen) atoms. The molecule has 132 valence electrons. The van der Waals surface area contributed by atoms with Crippen LogP contribution < -0.4 is 10.2 Å². The van der Waals surface area contributed by atoms with Crippen molar-refractivity contribution in [2.24, 2.45) is 0 Å². The van der Waals surface area contributed by atoms with Crippen LogP contribution in [0.25, 0.3) is 0 Å². The zero-order valence-corrected chi connectivity index (χ0v) is 15.1. The van der Waals surface area contributed by atoms with E-state index in [1.54, 1.807) is 23.2 Å². The molecule has 0 saturated carbocycles. The largest absolute Gasteiger partial charge is 0.356 e. The summed E-state index contributed by atoms with van der Waals surface area (Å²) in [6, 6.07) is 3.57. The lowest BCUT2D eigenvalue weighted by molar-refractivity contribution is -0.123. The van der Waals surface area contributed by atoms with E-state index < -0.39 is 0 Å². The van der Waals surface area contributed by atoms with Gasteiger partial charge in [0.2, 0.25) is 5.91 Å². The molecule has 1 saturated heterocycles. The van der Waals surface area contributed by atoms with Gasteiger partial charge in [-0.3, -0.25) is 9.59 Å². The molecule has 6 nitrogen and oxygen atoms in total. The maximum Gasteiger partial charge on any atom is 0.258 e. The zero-order valence-electron chi connectivity index (χ0n) is 15.1. The molecule has 1 N–H and O–H groups in total. The highest BCUT2D eigenvalue weighted by atomic mass is 16.2. The Balaban J connectivity index is 2.15. The molecule has 0 radical (unpaired) electrons. The highest BCUT2D eigenvalue weighted by molar-refractivity contribution is 6.00. The summed E-state index contributed by atoms with van der Waals surface area (Å²) in [5.41, 5.74) is 0.263. The Bertz CT molecular complexity index is 589. The van der Waals surface area contributed by atoms with Gasteiger partial charge < -0.3 is 15.1 Å². The molecule has 2 heterocycles. The van der Waals surface area contributed by atoms with Gasteiger partial charge in [0.25, 0.3) is 5.91 Å². The molecular formula is C18H28N4O2. The minimum absolute atomic E-state index is 0.0565. The number of aromatic nitrogens is 1. The number of carbonyl (C=O) groups is 2. The molecule has 2 rings (SSSR count). The highest BCUT2D eigenvalue weighted by Crippen LogP contribution is 2.23. The van der Waals surface area contributed by atoms with Crippen LogP contribution in [0.2, 0.25) is 0 Å². The zero-order chi connectivity index (χ0) is 17.7. The molecule has 6 heteroatoms. The number of pyridine rings is 1. The van der Waals surface area contributed by atoms with Crippen LogP contribution in [0.5, 0.6) is 0 Å². The van der Waals surface area contributed by atoms with E-state index in [9.17, 15) is 9.59 Å². The molecule has 1 aromatic rings. The van der Waals surface area contributed by atoms with Gasteiger partial charge in [0.15, 0.2) is 0 Å². The second-order valence-corrected chi connectivity index (χ2v) is 7.19. The molecule has 1 aromatic heterocycles. The predicted molar refractivity (Wildman–Crippen MR) is 95.2 cm³/mol. The monoisotopic (exact) mass is 332 g/mol. The molecule has 0 spiro atoms. The number of rotatable bonds is 5. The standard InChI is InChI=1S/C18H28N4O2/c1-5-21(13-15(23)20-18(2,3)4)17(24)14-9-8-10-19-16(14)22-11-6-7-12-22/h8-10H,5-7,11-13H2,1-4H3,(H,20,23). The smallest absolute Gasteiger partial charge is 0.258 e. The van der Waals surface area contributed by atoms with Crippen molar-refractivity contribution in [3.63, 3.8) is 0 Å². The quantitative estimate of drug-likeness (QED) is 0.896. The van der Waals surface area contributed by atoms with E-state index in [1.807, 2.05) is 27.7 Å². The number of hydrogen-bond acceptors (Lipinski definition) is 4. The van der Waals surface area contributed by atoms with Crippen LogP contribution in [0.1, 0.15) is 50.9 Å². The van der Waals surface area contributed by atoms with Crippen molar-refractivity contribution in [2.75, 3.05) is 31.1 Å². The van der Waals surface area contributed by atoms with Gasteiger partial charge in [-0.2, -0.15) is 0 Å². The minimum atomic E-state index is -0.311. The van der Waals surface area contributed by atoms with Gasteiger partial charge in [-0.1, -0.05) is 0 Å². The minimum Gasteiger partial charge on any atom is -0.356 e. The first kappa shape index (κ1) is 18.2. The van der Waals surface area contributed by atoms with Gasteiger partial charge in [0, 0.05) is 31.4 Å². The molecule has 1 aliphatic heterocycles. The topological polar surface area (TPSA) is 65.5 Å². The second-order valence-electron chi connectivity index (χ2n) is 7.19. The molecule has 2 amide bonds. The van der Waals surface area contributed by atoms with Gasteiger partial charge in [-0.25, -0.2) is 4.98 Å². The Morgan fingerprint density at radius 1 is 1.29 bits per heavy atom. The van der Waals surface area contributed by atoms with Crippen LogP contribution in [-0.4, -0.2) is 53.4 Å². The Morgan fingerprint density at radius 2 is 1.96 bits per heavy atom. The Hall–Kier alpha value is -2.11. The maximum absolute atomic E-state index is 12.9. The fraction of sp³-hybridized carbons (Fsp3) is 0.611. The first-order chi connectivity index (χ1) is 11.3. The van der Waals surface area contributed by atoms with E-state index in [0.29, 0.717) is 12.1 Å². The van der Waals surface area contributed by atoms with Crippen molar-refractivity contribution < 1.29 is 9.59 Å². The van der Waals surface area contributed by atoms with Crippen molar-refractivity contribution in [2.45, 2.75) is 46.1 Å². The van der Waals surface area contributed by atoms with Gasteiger partial charge in [0.05, 0.1) is 12.1 Å². The van der Waals surface area contributed by atoms with E-state index >= 15 is 0 Å². The van der Waals surface area contributed by atoms with E-state index in [-0.39, 0.29) is 23.9 Å². The normalized spacial score (nSPS) is 14.6. The molecule has 1 fully saturated rings. The second kappa shape index (κ2) is 7.64. The SMILES string of the molecule is CCN(CC(=O)NC(C)(C)C)C(=O)c1cccnc1N1CCCC1. The Labute approximate surface area is 144 Å². The van der Waals surface area contributed by atoms with E-state index in [4.69, 9.17) is 0 Å². The van der Waals surface area contributed by atoms with Gasteiger partial charge in [-0.15, -0.1) is 0 Å². The van der Waals surface area contributed by atoms with Crippen LogP contribution >= 0.6 is 0 Å². The lowest BCUT2D eigenvalue weighted by Crippen LogP contribution is -2.47. The summed E-state index contributed by atoms with van der Waals surface area (Å²) in [5, 5.41) is 2.90. The average molecular weight is 332 g/mol. The van der Waals surface area contributed by atoms with Gasteiger partial charge in [-0.05, 0) is 52.7 Å². The Morgan fingerprint density at radius 3 is 2.54 bits per heavy atom. The lowest BCUT2D eigenvalue weighted by Gasteiger charge is -2.26. The summed E-state index contributed by atoms with van der Waals surface area (Å²) in [6.45, 7) is 10.0. The summed E-state index contributed by atoms with van der Waals surface area (Å²) in [6.07, 6.45) is 3.96. The summed E-state index contributed by atoms with van der Waals surface area (Å²) in [5.74, 6) is 0.440. The fourth-order valence-electron chi connectivity index (χ4n) is 2.87. The van der Waals surface area contributed by atoms with Crippen LogP contribution in [0.4, 0.5) is 5.82 Å². The molecule has 1 aliphatic rings. The fourth-order valence-corrected chi connectivity index (χ4v) is 2.87. The van der Waals surface area contributed by atoms with Crippen LogP contribution in [0.15, 0.2) is 18.3 Å². The number of carbonyl (C=O) groups excluding carboxylic acids is 2. The van der Waals surface area contributed by atoms with Crippen LogP contribution in [0.3, 0.4) is 0 Å². The summed E-state index contributed by atoms with van der Waals surface area (Å²) >= 11 is 0. The molecule has 0 unspecified atom stereocenters. The van der Waals surface area contributed by atoms with Gasteiger partial charge in [0.1, 0.15) is 5.82 Å². The van der Waals surface area contributed by atoms with E-state index in [2.05, 4.69) is 15.2 Å². The summed E-state index contributed by atoms with van der Waals surface area (Å²) in [7, 11) is 0. The first-order valence-corrected chi connectivity index (χ1v) is 8.62. The van der Waals surface area contributed by atoms with Crippen LogP contribution in [-0.2, 0) is 4.79 Å². The predicted octanol–water partition coefficient (Wildman–Crippen LogP) is 2.06. The number of nitrogens with one attached hydrogen (secondary N) is 1.